The first kappa shape index (κ1) is 12.7. The molecule has 1 heterocycles. The van der Waals surface area contributed by atoms with Gasteiger partial charge < -0.3 is 11.1 Å². The van der Waals surface area contributed by atoms with Gasteiger partial charge in [0, 0.05) is 13.2 Å². The molecule has 0 unspecified atom stereocenters. The number of nitrogens with one attached hydrogen (secondary N) is 1. The monoisotopic (exact) mass is 224 g/mol. The molecular formula is C11H20N4O. The molecule has 0 saturated carbocycles. The minimum Gasteiger partial charge on any atom is -0.322 e. The van der Waals surface area contributed by atoms with E-state index in [1.165, 1.54) is 0 Å². The third-order valence-corrected chi connectivity index (χ3v) is 2.49. The summed E-state index contributed by atoms with van der Waals surface area (Å²) < 4.78 is 1.66. The van der Waals surface area contributed by atoms with Gasteiger partial charge in [-0.05, 0) is 12.3 Å². The van der Waals surface area contributed by atoms with Crippen molar-refractivity contribution < 1.29 is 4.79 Å². The largest absolute Gasteiger partial charge is 0.322 e. The van der Waals surface area contributed by atoms with Crippen LogP contribution in [0.25, 0.3) is 0 Å². The third-order valence-electron chi connectivity index (χ3n) is 2.49. The number of amides is 1. The zero-order chi connectivity index (χ0) is 12.5. The van der Waals surface area contributed by atoms with Gasteiger partial charge in [-0.15, -0.1) is 0 Å². The van der Waals surface area contributed by atoms with E-state index in [-0.39, 0.29) is 11.3 Å². The van der Waals surface area contributed by atoms with Gasteiger partial charge in [-0.3, -0.25) is 9.48 Å². The third kappa shape index (κ3) is 2.82. The molecule has 5 nitrogen and oxygen atoms in total. The number of anilines is 1. The first-order valence-electron chi connectivity index (χ1n) is 5.28. The number of aryl methyl sites for hydroxylation is 2. The molecule has 0 spiro atoms. The van der Waals surface area contributed by atoms with Crippen LogP contribution in [-0.4, -0.2) is 21.7 Å². The second kappa shape index (κ2) is 4.25. The summed E-state index contributed by atoms with van der Waals surface area (Å²) in [5.74, 6) is -0.177. The number of nitrogens with zero attached hydrogens (tertiary/aromatic N) is 2. The lowest BCUT2D eigenvalue weighted by atomic mass is 9.87. The van der Waals surface area contributed by atoms with E-state index in [1.54, 1.807) is 10.9 Å². The smallest absolute Gasteiger partial charge is 0.241 e. The Morgan fingerprint density at radius 2 is 2.12 bits per heavy atom. The SMILES string of the molecule is Cc1nn(C)cc1NC(=O)[C@H](N)C(C)(C)C. The van der Waals surface area contributed by atoms with Gasteiger partial charge in [-0.2, -0.15) is 5.10 Å². The fourth-order valence-corrected chi connectivity index (χ4v) is 1.33. The van der Waals surface area contributed by atoms with Gasteiger partial charge >= 0.3 is 0 Å². The van der Waals surface area contributed by atoms with E-state index >= 15 is 0 Å². The molecule has 0 fully saturated rings. The molecule has 16 heavy (non-hydrogen) atoms. The number of aromatic nitrogens is 2. The maximum absolute atomic E-state index is 11.8. The lowest BCUT2D eigenvalue weighted by molar-refractivity contribution is -0.119. The molecule has 5 heteroatoms. The second-order valence-electron chi connectivity index (χ2n) is 5.13. The van der Waals surface area contributed by atoms with E-state index in [0.29, 0.717) is 5.69 Å². The summed E-state index contributed by atoms with van der Waals surface area (Å²) in [7, 11) is 1.81. The van der Waals surface area contributed by atoms with Crippen LogP contribution in [-0.2, 0) is 11.8 Å². The highest BCUT2D eigenvalue weighted by Crippen LogP contribution is 2.19. The van der Waals surface area contributed by atoms with Crippen LogP contribution in [0.5, 0.6) is 0 Å². The van der Waals surface area contributed by atoms with Crippen LogP contribution < -0.4 is 11.1 Å². The Kier molecular flexibility index (Phi) is 3.38. The van der Waals surface area contributed by atoms with Crippen LogP contribution in [0.4, 0.5) is 5.69 Å². The molecule has 90 valence electrons. The van der Waals surface area contributed by atoms with Gasteiger partial charge in [-0.25, -0.2) is 0 Å². The highest BCUT2D eigenvalue weighted by molar-refractivity contribution is 5.95. The molecule has 0 bridgehead atoms. The predicted molar refractivity (Wildman–Crippen MR) is 64.0 cm³/mol. The fraction of sp³-hybridized carbons (Fsp3) is 0.636. The van der Waals surface area contributed by atoms with Crippen molar-refractivity contribution in [2.45, 2.75) is 33.7 Å². The van der Waals surface area contributed by atoms with E-state index < -0.39 is 6.04 Å². The van der Waals surface area contributed by atoms with Crippen molar-refractivity contribution in [3.8, 4) is 0 Å². The van der Waals surface area contributed by atoms with Crippen molar-refractivity contribution in [3.63, 3.8) is 0 Å². The molecule has 0 aliphatic carbocycles. The molecule has 0 saturated heterocycles. The van der Waals surface area contributed by atoms with Crippen LogP contribution in [0.2, 0.25) is 0 Å². The fourth-order valence-electron chi connectivity index (χ4n) is 1.33. The Bertz CT molecular complexity index is 389. The van der Waals surface area contributed by atoms with Gasteiger partial charge in [0.2, 0.25) is 5.91 Å². The molecule has 0 aliphatic heterocycles. The second-order valence-corrected chi connectivity index (χ2v) is 5.13. The van der Waals surface area contributed by atoms with E-state index in [2.05, 4.69) is 10.4 Å². The van der Waals surface area contributed by atoms with Gasteiger partial charge in [0.15, 0.2) is 0 Å². The summed E-state index contributed by atoms with van der Waals surface area (Å²) in [5, 5.41) is 6.94. The first-order chi connectivity index (χ1) is 7.21. The predicted octanol–water partition coefficient (Wildman–Crippen LogP) is 1.04. The maximum Gasteiger partial charge on any atom is 0.241 e. The lowest BCUT2D eigenvalue weighted by Crippen LogP contribution is -2.45. The molecule has 1 aromatic heterocycles. The van der Waals surface area contributed by atoms with Gasteiger partial charge in [0.25, 0.3) is 0 Å². The number of carbonyl (C=O) groups excluding carboxylic acids is 1. The molecule has 0 radical (unpaired) electrons. The minimum absolute atomic E-state index is 0.177. The molecule has 1 amide bonds. The minimum atomic E-state index is -0.535. The maximum atomic E-state index is 11.8. The normalized spacial score (nSPS) is 13.6. The lowest BCUT2D eigenvalue weighted by Gasteiger charge is -2.25. The number of rotatable bonds is 2. The number of hydrogen-bond donors (Lipinski definition) is 2. The van der Waals surface area contributed by atoms with Crippen LogP contribution in [0.1, 0.15) is 26.5 Å². The average Bonchev–Trinajstić information content (AvgIpc) is 2.42. The molecule has 0 aromatic carbocycles. The van der Waals surface area contributed by atoms with E-state index in [0.717, 1.165) is 5.69 Å². The highest BCUT2D eigenvalue weighted by atomic mass is 16.2. The molecular weight excluding hydrogens is 204 g/mol. The quantitative estimate of drug-likeness (QED) is 0.788. The zero-order valence-electron chi connectivity index (χ0n) is 10.5. The highest BCUT2D eigenvalue weighted by Gasteiger charge is 2.27. The Morgan fingerprint density at radius 3 is 2.50 bits per heavy atom. The van der Waals surface area contributed by atoms with Crippen LogP contribution in [0.15, 0.2) is 6.20 Å². The Morgan fingerprint density at radius 1 is 1.56 bits per heavy atom. The summed E-state index contributed by atoms with van der Waals surface area (Å²) in [6, 6.07) is -0.535. The Hall–Kier alpha value is -1.36. The standard InChI is InChI=1S/C11H20N4O/c1-7-8(6-15(5)14-7)13-10(16)9(12)11(2,3)4/h6,9H,12H2,1-5H3,(H,13,16)/t9-/m0/s1. The Labute approximate surface area is 96.0 Å². The topological polar surface area (TPSA) is 72.9 Å². The van der Waals surface area contributed by atoms with Crippen molar-refractivity contribution in [1.82, 2.24) is 9.78 Å². The first-order valence-corrected chi connectivity index (χ1v) is 5.28. The van der Waals surface area contributed by atoms with Crippen LogP contribution in [0.3, 0.4) is 0 Å². The van der Waals surface area contributed by atoms with Gasteiger partial charge in [0.1, 0.15) is 0 Å². The van der Waals surface area contributed by atoms with Crippen molar-refractivity contribution in [2.75, 3.05) is 5.32 Å². The summed E-state index contributed by atoms with van der Waals surface area (Å²) in [6.07, 6.45) is 1.77. The van der Waals surface area contributed by atoms with Crippen LogP contribution >= 0.6 is 0 Å². The van der Waals surface area contributed by atoms with Crippen molar-refractivity contribution >= 4 is 11.6 Å². The summed E-state index contributed by atoms with van der Waals surface area (Å²) >= 11 is 0. The number of hydrogen-bond acceptors (Lipinski definition) is 3. The molecule has 0 aliphatic rings. The summed E-state index contributed by atoms with van der Waals surface area (Å²) in [5.41, 5.74) is 7.11. The average molecular weight is 224 g/mol. The molecule has 1 rings (SSSR count). The summed E-state index contributed by atoms with van der Waals surface area (Å²) in [4.78, 5) is 11.8. The molecule has 1 atom stereocenters. The molecule has 3 N–H and O–H groups in total. The van der Waals surface area contributed by atoms with E-state index in [1.807, 2.05) is 34.7 Å². The van der Waals surface area contributed by atoms with Gasteiger partial charge in [0.05, 0.1) is 17.4 Å². The Balaban J connectivity index is 2.76. The van der Waals surface area contributed by atoms with E-state index in [4.69, 9.17) is 5.73 Å². The van der Waals surface area contributed by atoms with Crippen LogP contribution in [0, 0.1) is 12.3 Å². The van der Waals surface area contributed by atoms with Crippen molar-refractivity contribution in [2.24, 2.45) is 18.2 Å². The number of nitrogens with two attached hydrogens (primary N) is 1. The van der Waals surface area contributed by atoms with Crippen molar-refractivity contribution in [3.05, 3.63) is 11.9 Å². The zero-order valence-corrected chi connectivity index (χ0v) is 10.5. The van der Waals surface area contributed by atoms with Crippen molar-refractivity contribution in [1.29, 1.82) is 0 Å². The number of carbonyl (C=O) groups is 1. The van der Waals surface area contributed by atoms with Gasteiger partial charge in [-0.1, -0.05) is 20.8 Å². The summed E-state index contributed by atoms with van der Waals surface area (Å²) in [6.45, 7) is 7.66. The van der Waals surface area contributed by atoms with E-state index in [9.17, 15) is 4.79 Å². The molecule has 1 aromatic rings.